The summed E-state index contributed by atoms with van der Waals surface area (Å²) in [7, 11) is 0. The van der Waals surface area contributed by atoms with E-state index >= 15 is 0 Å². The van der Waals surface area contributed by atoms with E-state index in [2.05, 4.69) is 10.3 Å². The SMILES string of the molecule is Cc1nonc1COc1ccccc1C(=O)N1CC[C@]2(C1)CN(c1ccccc1)C(=O)CO2. The molecule has 2 aromatic carbocycles. The van der Waals surface area contributed by atoms with Crippen molar-refractivity contribution in [1.29, 1.82) is 0 Å². The van der Waals surface area contributed by atoms with Crippen molar-refractivity contribution in [2.75, 3.05) is 31.1 Å². The molecule has 170 valence electrons. The molecule has 2 aliphatic rings. The van der Waals surface area contributed by atoms with Gasteiger partial charge in [0.25, 0.3) is 11.8 Å². The van der Waals surface area contributed by atoms with Crippen LogP contribution in [0.15, 0.2) is 59.2 Å². The molecule has 1 aromatic heterocycles. The Morgan fingerprint density at radius 1 is 1.09 bits per heavy atom. The summed E-state index contributed by atoms with van der Waals surface area (Å²) < 4.78 is 16.6. The van der Waals surface area contributed by atoms with Crippen LogP contribution in [0.3, 0.4) is 0 Å². The second-order valence-electron chi connectivity index (χ2n) is 8.34. The minimum absolute atomic E-state index is 0.00170. The molecule has 33 heavy (non-hydrogen) atoms. The minimum atomic E-state index is -0.585. The minimum Gasteiger partial charge on any atom is -0.486 e. The Morgan fingerprint density at radius 3 is 2.67 bits per heavy atom. The van der Waals surface area contributed by atoms with E-state index in [9.17, 15) is 9.59 Å². The van der Waals surface area contributed by atoms with E-state index in [0.717, 1.165) is 5.69 Å². The smallest absolute Gasteiger partial charge is 0.257 e. The van der Waals surface area contributed by atoms with Crippen LogP contribution < -0.4 is 9.64 Å². The first-order valence-electron chi connectivity index (χ1n) is 10.8. The van der Waals surface area contributed by atoms with Crippen LogP contribution in [0, 0.1) is 6.92 Å². The fourth-order valence-corrected chi connectivity index (χ4v) is 4.29. The quantitative estimate of drug-likeness (QED) is 0.592. The van der Waals surface area contributed by atoms with Crippen molar-refractivity contribution >= 4 is 17.5 Å². The fraction of sp³-hybridized carbons (Fsp3) is 0.333. The Bertz CT molecular complexity index is 1160. The molecule has 0 unspecified atom stereocenters. The number of benzene rings is 2. The lowest BCUT2D eigenvalue weighted by molar-refractivity contribution is -0.137. The summed E-state index contributed by atoms with van der Waals surface area (Å²) in [6.07, 6.45) is 0.655. The highest BCUT2D eigenvalue weighted by molar-refractivity contribution is 5.97. The number of hydrogen-bond acceptors (Lipinski definition) is 7. The van der Waals surface area contributed by atoms with Gasteiger partial charge >= 0.3 is 0 Å². The van der Waals surface area contributed by atoms with Crippen LogP contribution in [0.4, 0.5) is 5.69 Å². The maximum atomic E-state index is 13.4. The Kier molecular flexibility index (Phi) is 5.55. The van der Waals surface area contributed by atoms with Gasteiger partial charge in [-0.15, -0.1) is 0 Å². The number of carbonyl (C=O) groups excluding carboxylic acids is 2. The molecule has 9 heteroatoms. The van der Waals surface area contributed by atoms with Gasteiger partial charge in [0.1, 0.15) is 36.0 Å². The van der Waals surface area contributed by atoms with Crippen molar-refractivity contribution in [3.05, 3.63) is 71.5 Å². The second kappa shape index (κ2) is 8.67. The van der Waals surface area contributed by atoms with Gasteiger partial charge in [-0.25, -0.2) is 4.63 Å². The topological polar surface area (TPSA) is 98.0 Å². The van der Waals surface area contributed by atoms with E-state index in [0.29, 0.717) is 48.8 Å². The first-order valence-corrected chi connectivity index (χ1v) is 10.8. The van der Waals surface area contributed by atoms with E-state index in [1.807, 2.05) is 42.5 Å². The van der Waals surface area contributed by atoms with Gasteiger partial charge in [-0.3, -0.25) is 9.59 Å². The molecule has 5 rings (SSSR count). The molecule has 2 aliphatic heterocycles. The Balaban J connectivity index is 1.30. The number of aromatic nitrogens is 2. The first kappa shape index (κ1) is 21.1. The molecule has 2 fully saturated rings. The molecule has 2 amide bonds. The number of carbonyl (C=O) groups is 2. The van der Waals surface area contributed by atoms with Gasteiger partial charge in [0.15, 0.2) is 0 Å². The predicted octanol–water partition coefficient (Wildman–Crippen LogP) is 2.61. The second-order valence-corrected chi connectivity index (χ2v) is 8.34. The molecule has 1 atom stereocenters. The molecule has 1 spiro atoms. The molecule has 0 radical (unpaired) electrons. The van der Waals surface area contributed by atoms with Gasteiger partial charge < -0.3 is 19.3 Å². The van der Waals surface area contributed by atoms with E-state index in [1.54, 1.807) is 28.9 Å². The van der Waals surface area contributed by atoms with Gasteiger partial charge in [0.05, 0.1) is 18.7 Å². The average molecular weight is 448 g/mol. The number of hydrogen-bond donors (Lipinski definition) is 0. The zero-order valence-corrected chi connectivity index (χ0v) is 18.3. The van der Waals surface area contributed by atoms with Gasteiger partial charge in [-0.05, 0) is 37.6 Å². The lowest BCUT2D eigenvalue weighted by atomic mass is 10.00. The molecule has 0 N–H and O–H groups in total. The van der Waals surface area contributed by atoms with Crippen molar-refractivity contribution in [1.82, 2.24) is 15.2 Å². The van der Waals surface area contributed by atoms with Crippen LogP contribution in [0.1, 0.15) is 28.2 Å². The lowest BCUT2D eigenvalue weighted by Gasteiger charge is -2.40. The summed E-state index contributed by atoms with van der Waals surface area (Å²) in [5, 5.41) is 7.57. The Morgan fingerprint density at radius 2 is 1.88 bits per heavy atom. The predicted molar refractivity (Wildman–Crippen MR) is 118 cm³/mol. The molecular formula is C24H24N4O5. The normalized spacial score (nSPS) is 20.5. The fourth-order valence-electron chi connectivity index (χ4n) is 4.29. The third kappa shape index (κ3) is 4.19. The van der Waals surface area contributed by atoms with Crippen LogP contribution >= 0.6 is 0 Å². The van der Waals surface area contributed by atoms with Crippen molar-refractivity contribution in [3.8, 4) is 5.75 Å². The number of morpholine rings is 1. The summed E-state index contributed by atoms with van der Waals surface area (Å²) >= 11 is 0. The van der Waals surface area contributed by atoms with E-state index in [1.165, 1.54) is 0 Å². The lowest BCUT2D eigenvalue weighted by Crippen LogP contribution is -2.56. The molecule has 0 saturated carbocycles. The van der Waals surface area contributed by atoms with Gasteiger partial charge in [-0.1, -0.05) is 40.6 Å². The number of para-hydroxylation sites is 2. The summed E-state index contributed by atoms with van der Waals surface area (Å²) in [6, 6.07) is 16.7. The molecule has 2 saturated heterocycles. The van der Waals surface area contributed by atoms with Crippen LogP contribution in [-0.4, -0.2) is 58.9 Å². The summed E-state index contributed by atoms with van der Waals surface area (Å²) in [4.78, 5) is 29.4. The largest absolute Gasteiger partial charge is 0.486 e. The van der Waals surface area contributed by atoms with Gasteiger partial charge in [-0.2, -0.15) is 0 Å². The van der Waals surface area contributed by atoms with Crippen molar-refractivity contribution in [3.63, 3.8) is 0 Å². The zero-order valence-electron chi connectivity index (χ0n) is 18.3. The standard InChI is InChI=1S/C24H24N4O5/c1-17-20(26-33-25-17)13-31-21-10-6-5-9-19(21)23(30)27-12-11-24(15-27)16-28(22(29)14-32-24)18-7-3-2-4-8-18/h2-10H,11-16H2,1H3/t24-/m0/s1. The summed E-state index contributed by atoms with van der Waals surface area (Å²) in [5.41, 5.74) is 1.95. The van der Waals surface area contributed by atoms with Gasteiger partial charge in [0, 0.05) is 12.2 Å². The van der Waals surface area contributed by atoms with Crippen LogP contribution in [-0.2, 0) is 16.1 Å². The number of amides is 2. The van der Waals surface area contributed by atoms with E-state index in [4.69, 9.17) is 14.1 Å². The molecule has 3 aromatic rings. The maximum Gasteiger partial charge on any atom is 0.257 e. The summed E-state index contributed by atoms with van der Waals surface area (Å²) in [5.74, 6) is 0.258. The zero-order chi connectivity index (χ0) is 22.8. The Labute approximate surface area is 190 Å². The highest BCUT2D eigenvalue weighted by Crippen LogP contribution is 2.33. The van der Waals surface area contributed by atoms with E-state index < -0.39 is 5.60 Å². The number of likely N-dealkylation sites (tertiary alicyclic amines) is 1. The molecule has 9 nitrogen and oxygen atoms in total. The summed E-state index contributed by atoms with van der Waals surface area (Å²) in [6.45, 7) is 3.29. The number of anilines is 1. The molecular weight excluding hydrogens is 424 g/mol. The van der Waals surface area contributed by atoms with Crippen LogP contribution in [0.25, 0.3) is 0 Å². The number of rotatable bonds is 5. The van der Waals surface area contributed by atoms with Crippen molar-refractivity contribution < 1.29 is 23.7 Å². The van der Waals surface area contributed by atoms with Gasteiger partial charge in [0.2, 0.25) is 0 Å². The van der Waals surface area contributed by atoms with Crippen molar-refractivity contribution in [2.45, 2.75) is 25.6 Å². The molecule has 0 bridgehead atoms. The van der Waals surface area contributed by atoms with E-state index in [-0.39, 0.29) is 25.0 Å². The first-order chi connectivity index (χ1) is 16.0. The number of aryl methyl sites for hydroxylation is 1. The third-order valence-electron chi connectivity index (χ3n) is 6.15. The average Bonchev–Trinajstić information content (AvgIpc) is 3.46. The Hall–Kier alpha value is -3.72. The number of ether oxygens (including phenoxy) is 2. The molecule has 3 heterocycles. The van der Waals surface area contributed by atoms with Crippen molar-refractivity contribution in [2.24, 2.45) is 0 Å². The molecule has 0 aliphatic carbocycles. The highest BCUT2D eigenvalue weighted by atomic mass is 16.6. The number of nitrogens with zero attached hydrogens (tertiary/aromatic N) is 4. The van der Waals surface area contributed by atoms with Crippen LogP contribution in [0.2, 0.25) is 0 Å². The monoisotopic (exact) mass is 448 g/mol. The highest BCUT2D eigenvalue weighted by Gasteiger charge is 2.47. The third-order valence-corrected chi connectivity index (χ3v) is 6.15. The van der Waals surface area contributed by atoms with Crippen LogP contribution in [0.5, 0.6) is 5.75 Å². The maximum absolute atomic E-state index is 13.4.